The van der Waals surface area contributed by atoms with Gasteiger partial charge in [-0.15, -0.1) is 0 Å². The molecular weight excluding hydrogens is 274 g/mol. The zero-order valence-electron chi connectivity index (χ0n) is 11.4. The number of aromatic nitrogens is 1. The molecule has 0 bridgehead atoms. The van der Waals surface area contributed by atoms with E-state index in [-0.39, 0.29) is 5.91 Å². The number of nitrogen functional groups attached to an aromatic ring is 1. The Morgan fingerprint density at radius 3 is 2.50 bits per heavy atom. The number of rotatable bonds is 3. The van der Waals surface area contributed by atoms with Gasteiger partial charge in [0.1, 0.15) is 5.82 Å². The van der Waals surface area contributed by atoms with Gasteiger partial charge in [0.25, 0.3) is 0 Å². The van der Waals surface area contributed by atoms with E-state index in [2.05, 4.69) is 10.3 Å². The average Bonchev–Trinajstić information content (AvgIpc) is 2.39. The Balaban J connectivity index is 2.21. The molecule has 20 heavy (non-hydrogen) atoms. The van der Waals surface area contributed by atoms with Crippen LogP contribution in [0.1, 0.15) is 19.4 Å². The second kappa shape index (κ2) is 5.51. The van der Waals surface area contributed by atoms with Gasteiger partial charge < -0.3 is 11.1 Å². The monoisotopic (exact) mass is 289 g/mol. The third kappa shape index (κ3) is 3.08. The zero-order chi connectivity index (χ0) is 14.8. The Bertz CT molecular complexity index is 623. The maximum absolute atomic E-state index is 12.4. The second-order valence-corrected chi connectivity index (χ2v) is 5.50. The molecule has 0 spiro atoms. The summed E-state index contributed by atoms with van der Waals surface area (Å²) in [5, 5.41) is 3.30. The molecule has 4 nitrogen and oxygen atoms in total. The minimum atomic E-state index is -0.697. The molecule has 1 amide bonds. The molecule has 0 radical (unpaired) electrons. The van der Waals surface area contributed by atoms with Crippen LogP contribution < -0.4 is 11.1 Å². The molecule has 0 aliphatic heterocycles. The standard InChI is InChI=1S/C15H16ClN3O/c1-15(2,10-3-5-12(17)6-4-10)14(20)19-13-9-11(16)7-8-18-13/h3-9H,17H2,1-2H3,(H,18,19,20). The van der Waals surface area contributed by atoms with Gasteiger partial charge in [-0.2, -0.15) is 0 Å². The minimum absolute atomic E-state index is 0.156. The first-order valence-corrected chi connectivity index (χ1v) is 6.56. The van der Waals surface area contributed by atoms with Crippen molar-refractivity contribution in [2.24, 2.45) is 0 Å². The Labute approximate surface area is 123 Å². The van der Waals surface area contributed by atoms with Crippen molar-refractivity contribution in [3.05, 3.63) is 53.2 Å². The highest BCUT2D eigenvalue weighted by atomic mass is 35.5. The van der Waals surface area contributed by atoms with Crippen LogP contribution in [0.4, 0.5) is 11.5 Å². The first-order chi connectivity index (χ1) is 9.39. The summed E-state index contributed by atoms with van der Waals surface area (Å²) in [5.74, 6) is 0.281. The van der Waals surface area contributed by atoms with E-state index >= 15 is 0 Å². The van der Waals surface area contributed by atoms with E-state index in [9.17, 15) is 4.79 Å². The van der Waals surface area contributed by atoms with Gasteiger partial charge in [-0.3, -0.25) is 4.79 Å². The van der Waals surface area contributed by atoms with E-state index in [1.807, 2.05) is 26.0 Å². The number of hydrogen-bond donors (Lipinski definition) is 2. The molecule has 2 rings (SSSR count). The summed E-state index contributed by atoms with van der Waals surface area (Å²) in [6.45, 7) is 3.69. The number of nitrogens with one attached hydrogen (secondary N) is 1. The van der Waals surface area contributed by atoms with Crippen LogP contribution in [0.25, 0.3) is 0 Å². The summed E-state index contributed by atoms with van der Waals surface area (Å²) in [6.07, 6.45) is 1.55. The lowest BCUT2D eigenvalue weighted by Crippen LogP contribution is -2.35. The van der Waals surface area contributed by atoms with Crippen LogP contribution in [-0.4, -0.2) is 10.9 Å². The Hall–Kier alpha value is -2.07. The summed E-state index contributed by atoms with van der Waals surface area (Å²) < 4.78 is 0. The Morgan fingerprint density at radius 2 is 1.90 bits per heavy atom. The highest BCUT2D eigenvalue weighted by Crippen LogP contribution is 2.26. The molecule has 3 N–H and O–H groups in total. The number of carbonyl (C=O) groups is 1. The molecule has 0 aliphatic carbocycles. The molecule has 1 aromatic carbocycles. The lowest BCUT2D eigenvalue weighted by atomic mass is 9.83. The number of amides is 1. The first kappa shape index (κ1) is 14.3. The van der Waals surface area contributed by atoms with Crippen molar-refractivity contribution in [1.82, 2.24) is 4.98 Å². The maximum Gasteiger partial charge on any atom is 0.235 e. The fourth-order valence-electron chi connectivity index (χ4n) is 1.78. The Morgan fingerprint density at radius 1 is 1.25 bits per heavy atom. The van der Waals surface area contributed by atoms with Crippen molar-refractivity contribution < 1.29 is 4.79 Å². The molecule has 1 aromatic heterocycles. The molecule has 0 unspecified atom stereocenters. The van der Waals surface area contributed by atoms with Crippen molar-refractivity contribution in [1.29, 1.82) is 0 Å². The molecule has 2 aromatic rings. The number of nitrogens with two attached hydrogens (primary N) is 1. The molecule has 0 saturated carbocycles. The number of pyridine rings is 1. The SMILES string of the molecule is CC(C)(C(=O)Nc1cc(Cl)ccn1)c1ccc(N)cc1. The maximum atomic E-state index is 12.4. The zero-order valence-corrected chi connectivity index (χ0v) is 12.1. The summed E-state index contributed by atoms with van der Waals surface area (Å²) in [6, 6.07) is 10.5. The van der Waals surface area contributed by atoms with Crippen LogP contribution in [-0.2, 0) is 10.2 Å². The average molecular weight is 290 g/mol. The molecule has 0 fully saturated rings. The molecule has 1 heterocycles. The normalized spacial score (nSPS) is 11.2. The van der Waals surface area contributed by atoms with Crippen LogP contribution in [0, 0.1) is 0 Å². The predicted octanol–water partition coefficient (Wildman–Crippen LogP) is 3.23. The number of nitrogens with zero attached hydrogens (tertiary/aromatic N) is 1. The van der Waals surface area contributed by atoms with Crippen LogP contribution in [0.5, 0.6) is 0 Å². The summed E-state index contributed by atoms with van der Waals surface area (Å²) in [5.41, 5.74) is 6.51. The van der Waals surface area contributed by atoms with E-state index in [1.165, 1.54) is 0 Å². The van der Waals surface area contributed by atoms with E-state index in [4.69, 9.17) is 17.3 Å². The lowest BCUT2D eigenvalue weighted by molar-refractivity contribution is -0.120. The number of hydrogen-bond acceptors (Lipinski definition) is 3. The van der Waals surface area contributed by atoms with Gasteiger partial charge in [0, 0.05) is 16.9 Å². The van der Waals surface area contributed by atoms with Gasteiger partial charge in [-0.05, 0) is 43.7 Å². The molecular formula is C15H16ClN3O. The third-order valence-corrected chi connectivity index (χ3v) is 3.40. The minimum Gasteiger partial charge on any atom is -0.399 e. The highest BCUT2D eigenvalue weighted by molar-refractivity contribution is 6.30. The van der Waals surface area contributed by atoms with Crippen LogP contribution in [0.2, 0.25) is 5.02 Å². The fraction of sp³-hybridized carbons (Fsp3) is 0.200. The molecule has 0 saturated heterocycles. The lowest BCUT2D eigenvalue weighted by Gasteiger charge is -2.24. The van der Waals surface area contributed by atoms with Gasteiger partial charge in [0.2, 0.25) is 5.91 Å². The van der Waals surface area contributed by atoms with Crippen molar-refractivity contribution in [2.75, 3.05) is 11.1 Å². The number of benzene rings is 1. The van der Waals surface area contributed by atoms with E-state index in [0.29, 0.717) is 16.5 Å². The van der Waals surface area contributed by atoms with Crippen LogP contribution in [0.15, 0.2) is 42.6 Å². The Kier molecular flexibility index (Phi) is 3.95. The fourth-order valence-corrected chi connectivity index (χ4v) is 1.94. The van der Waals surface area contributed by atoms with E-state index in [0.717, 1.165) is 5.56 Å². The van der Waals surface area contributed by atoms with Gasteiger partial charge in [0.15, 0.2) is 0 Å². The quantitative estimate of drug-likeness (QED) is 0.852. The van der Waals surface area contributed by atoms with Crippen molar-refractivity contribution in [2.45, 2.75) is 19.3 Å². The van der Waals surface area contributed by atoms with Gasteiger partial charge >= 0.3 is 0 Å². The molecule has 104 valence electrons. The molecule has 5 heteroatoms. The van der Waals surface area contributed by atoms with Crippen molar-refractivity contribution >= 4 is 29.0 Å². The van der Waals surface area contributed by atoms with E-state index < -0.39 is 5.41 Å². The third-order valence-electron chi connectivity index (χ3n) is 3.16. The molecule has 0 atom stereocenters. The van der Waals surface area contributed by atoms with Crippen LogP contribution in [0.3, 0.4) is 0 Å². The molecule has 0 aliphatic rings. The highest BCUT2D eigenvalue weighted by Gasteiger charge is 2.30. The van der Waals surface area contributed by atoms with Gasteiger partial charge in [-0.25, -0.2) is 4.98 Å². The van der Waals surface area contributed by atoms with Crippen molar-refractivity contribution in [3.8, 4) is 0 Å². The number of halogens is 1. The van der Waals surface area contributed by atoms with Crippen LogP contribution >= 0.6 is 11.6 Å². The van der Waals surface area contributed by atoms with Gasteiger partial charge in [0.05, 0.1) is 5.41 Å². The predicted molar refractivity (Wildman–Crippen MR) is 81.8 cm³/mol. The summed E-state index contributed by atoms with van der Waals surface area (Å²) >= 11 is 5.87. The number of anilines is 2. The van der Waals surface area contributed by atoms with Crippen molar-refractivity contribution in [3.63, 3.8) is 0 Å². The first-order valence-electron chi connectivity index (χ1n) is 6.18. The number of carbonyl (C=O) groups excluding carboxylic acids is 1. The topological polar surface area (TPSA) is 68.0 Å². The summed E-state index contributed by atoms with van der Waals surface area (Å²) in [4.78, 5) is 16.5. The van der Waals surface area contributed by atoms with Gasteiger partial charge in [-0.1, -0.05) is 23.7 Å². The van der Waals surface area contributed by atoms with E-state index in [1.54, 1.807) is 30.5 Å². The smallest absolute Gasteiger partial charge is 0.235 e. The largest absolute Gasteiger partial charge is 0.399 e. The second-order valence-electron chi connectivity index (χ2n) is 5.06. The summed E-state index contributed by atoms with van der Waals surface area (Å²) in [7, 11) is 0.